The van der Waals surface area contributed by atoms with Crippen LogP contribution in [0.5, 0.6) is 0 Å². The molecule has 72 valence electrons. The van der Waals surface area contributed by atoms with Gasteiger partial charge in [0.25, 0.3) is 0 Å². The normalized spacial score (nSPS) is 9.33. The van der Waals surface area contributed by atoms with Crippen LogP contribution in [0.15, 0.2) is 0 Å². The van der Waals surface area contributed by atoms with Crippen molar-refractivity contribution in [1.82, 2.24) is 0 Å². The van der Waals surface area contributed by atoms with E-state index in [1.165, 1.54) is 13.8 Å². The second kappa shape index (κ2) is 5.79. The first kappa shape index (κ1) is 13.8. The summed E-state index contributed by atoms with van der Waals surface area (Å²) in [6.07, 6.45) is 0. The van der Waals surface area contributed by atoms with Gasteiger partial charge in [0.05, 0.1) is 0 Å². The minimum atomic E-state index is -5.25. The third kappa shape index (κ3) is 60.5. The molecule has 2 N–H and O–H groups in total. The van der Waals surface area contributed by atoms with Gasteiger partial charge in [0, 0.05) is 13.8 Å². The summed E-state index contributed by atoms with van der Waals surface area (Å²) in [6.45, 7) is 2.36. The van der Waals surface area contributed by atoms with Crippen molar-refractivity contribution >= 4 is 11.9 Å². The molecular formula is C4H8CrO7. The van der Waals surface area contributed by atoms with Gasteiger partial charge >= 0.3 is 41.5 Å². The number of hydrogen-bond acceptors (Lipinski definition) is 5. The standard InChI is InChI=1S/C4H6O3.Cr.2H2O.2O/c1-3(5)7-4(2)6;;;;;/h1-2H3;;2*1H2;;/q;+2;;;;/p-2. The topological polar surface area (TPSA) is 118 Å². The molecule has 12 heavy (non-hydrogen) atoms. The van der Waals surface area contributed by atoms with E-state index in [2.05, 4.69) is 4.74 Å². The Morgan fingerprint density at radius 1 is 1.08 bits per heavy atom. The molecule has 0 saturated carbocycles. The van der Waals surface area contributed by atoms with Gasteiger partial charge in [-0.25, -0.2) is 0 Å². The fourth-order valence-electron chi connectivity index (χ4n) is 0.202. The molecule has 0 fully saturated rings. The van der Waals surface area contributed by atoms with Gasteiger partial charge in [-0.05, 0) is 0 Å². The van der Waals surface area contributed by atoms with Crippen molar-refractivity contribution in [2.75, 3.05) is 0 Å². The fraction of sp³-hybridized carbons (Fsp3) is 0.500. The van der Waals surface area contributed by atoms with Gasteiger partial charge in [-0.15, -0.1) is 0 Å². The number of carbonyl (C=O) groups excluding carboxylic acids is 2. The van der Waals surface area contributed by atoms with Crippen LogP contribution in [0.1, 0.15) is 13.8 Å². The molecule has 0 spiro atoms. The van der Waals surface area contributed by atoms with E-state index in [9.17, 15) is 9.59 Å². The van der Waals surface area contributed by atoms with Crippen molar-refractivity contribution in [2.45, 2.75) is 13.8 Å². The molecule has 0 amide bonds. The van der Waals surface area contributed by atoms with Crippen LogP contribution in [-0.2, 0) is 35.5 Å². The van der Waals surface area contributed by atoms with E-state index >= 15 is 0 Å². The molecular weight excluding hydrogens is 212 g/mol. The number of esters is 2. The van der Waals surface area contributed by atoms with Crippen LogP contribution in [0.25, 0.3) is 0 Å². The molecule has 0 heterocycles. The SMILES string of the molecule is CC(=O)OC(C)=O.[O]=[Cr](=[O])([OH])[OH]. The molecule has 0 atom stereocenters. The Morgan fingerprint density at radius 2 is 1.25 bits per heavy atom. The monoisotopic (exact) mass is 220 g/mol. The number of rotatable bonds is 0. The molecule has 0 aliphatic carbocycles. The first-order chi connectivity index (χ1) is 5.13. The fourth-order valence-corrected chi connectivity index (χ4v) is 0.202. The Bertz CT molecular complexity index is 231. The molecule has 0 radical (unpaired) electrons. The molecule has 0 bridgehead atoms. The molecule has 0 rings (SSSR count). The van der Waals surface area contributed by atoms with Crippen LogP contribution in [-0.4, -0.2) is 20.3 Å². The van der Waals surface area contributed by atoms with E-state index in [0.29, 0.717) is 0 Å². The predicted molar refractivity (Wildman–Crippen MR) is 28.3 cm³/mol. The zero-order chi connectivity index (χ0) is 10.4. The molecule has 0 aromatic rings. The van der Waals surface area contributed by atoms with E-state index in [4.69, 9.17) is 15.9 Å². The minimum absolute atomic E-state index is 0.562. The third-order valence-corrected chi connectivity index (χ3v) is 0.287. The van der Waals surface area contributed by atoms with Gasteiger partial charge in [0.2, 0.25) is 0 Å². The van der Waals surface area contributed by atoms with Crippen LogP contribution < -0.4 is 0 Å². The van der Waals surface area contributed by atoms with Gasteiger partial charge in [-0.3, -0.25) is 9.59 Å². The summed E-state index contributed by atoms with van der Waals surface area (Å²) in [5.74, 6) is -1.12. The van der Waals surface area contributed by atoms with Crippen LogP contribution in [0.2, 0.25) is 0 Å². The summed E-state index contributed by atoms with van der Waals surface area (Å²) >= 11 is -5.25. The van der Waals surface area contributed by atoms with E-state index in [-0.39, 0.29) is 0 Å². The van der Waals surface area contributed by atoms with Gasteiger partial charge in [-0.2, -0.15) is 0 Å². The Kier molecular flexibility index (Phi) is 6.64. The van der Waals surface area contributed by atoms with Crippen LogP contribution in [0, 0.1) is 0 Å². The molecule has 0 saturated heterocycles. The Hall–Kier alpha value is -0.808. The van der Waals surface area contributed by atoms with Gasteiger partial charge in [0.15, 0.2) is 0 Å². The summed E-state index contributed by atoms with van der Waals surface area (Å²) in [7, 11) is 0. The Morgan fingerprint density at radius 3 is 1.25 bits per heavy atom. The average Bonchev–Trinajstić information content (AvgIpc) is 1.52. The summed E-state index contributed by atoms with van der Waals surface area (Å²) in [6, 6.07) is 0. The van der Waals surface area contributed by atoms with Crippen LogP contribution in [0.4, 0.5) is 0 Å². The Balaban J connectivity index is 0. The zero-order valence-electron chi connectivity index (χ0n) is 6.34. The predicted octanol–water partition coefficient (Wildman–Crippen LogP) is -1.26. The number of ether oxygens (including phenoxy) is 1. The second-order valence-corrected chi connectivity index (χ2v) is 2.93. The van der Waals surface area contributed by atoms with E-state index in [0.717, 1.165) is 0 Å². The summed E-state index contributed by atoms with van der Waals surface area (Å²) in [4.78, 5) is 19.6. The first-order valence-corrected chi connectivity index (χ1v) is 4.70. The molecule has 0 aromatic carbocycles. The molecule has 8 heteroatoms. The van der Waals surface area contributed by atoms with Crippen molar-refractivity contribution in [3.8, 4) is 0 Å². The van der Waals surface area contributed by atoms with Crippen molar-refractivity contribution in [1.29, 1.82) is 0 Å². The molecule has 0 unspecified atom stereocenters. The third-order valence-electron chi connectivity index (χ3n) is 0.287. The van der Waals surface area contributed by atoms with E-state index < -0.39 is 25.6 Å². The summed E-state index contributed by atoms with van der Waals surface area (Å²) in [5.41, 5.74) is 0. The van der Waals surface area contributed by atoms with E-state index in [1.807, 2.05) is 0 Å². The molecule has 0 aliphatic heterocycles. The molecule has 7 nitrogen and oxygen atoms in total. The molecule has 0 aromatic heterocycles. The Labute approximate surface area is 70.3 Å². The van der Waals surface area contributed by atoms with Gasteiger partial charge in [0.1, 0.15) is 0 Å². The zero-order valence-corrected chi connectivity index (χ0v) is 7.62. The van der Waals surface area contributed by atoms with Crippen LogP contribution in [0.3, 0.4) is 0 Å². The maximum absolute atomic E-state index is 9.81. The first-order valence-electron chi connectivity index (χ1n) is 2.51. The average molecular weight is 220 g/mol. The number of hydrogen-bond donors (Lipinski definition) is 2. The van der Waals surface area contributed by atoms with Crippen molar-refractivity contribution in [3.63, 3.8) is 0 Å². The molecule has 0 aliphatic rings. The van der Waals surface area contributed by atoms with Gasteiger partial charge in [-0.1, -0.05) is 0 Å². The van der Waals surface area contributed by atoms with Crippen molar-refractivity contribution < 1.29 is 43.9 Å². The summed E-state index contributed by atoms with van der Waals surface area (Å²) in [5, 5.41) is 0. The van der Waals surface area contributed by atoms with Crippen molar-refractivity contribution in [3.05, 3.63) is 0 Å². The number of carbonyl (C=O) groups is 2. The van der Waals surface area contributed by atoms with Crippen molar-refractivity contribution in [2.24, 2.45) is 0 Å². The summed E-state index contributed by atoms with van der Waals surface area (Å²) < 4.78 is 35.8. The van der Waals surface area contributed by atoms with Crippen LogP contribution >= 0.6 is 0 Å². The second-order valence-electron chi connectivity index (χ2n) is 1.53. The van der Waals surface area contributed by atoms with Gasteiger partial charge < -0.3 is 4.74 Å². The van der Waals surface area contributed by atoms with E-state index in [1.54, 1.807) is 0 Å². The maximum atomic E-state index is 9.81. The quantitative estimate of drug-likeness (QED) is 0.386.